The minimum atomic E-state index is -1.00. The summed E-state index contributed by atoms with van der Waals surface area (Å²) in [7, 11) is 0. The van der Waals surface area contributed by atoms with E-state index in [2.05, 4.69) is 24.5 Å². The van der Waals surface area contributed by atoms with Gasteiger partial charge in [0.15, 0.2) is 6.10 Å². The van der Waals surface area contributed by atoms with Crippen LogP contribution in [-0.2, 0) is 14.3 Å². The Balaban J connectivity index is 1.87. The SMILES string of the molecule is CC[C@H](C)c1ccccc1NC(=O)[C@H](C)OC(=O)CNC(=O)c1ccc(Cl)cc1. The third kappa shape index (κ3) is 6.61. The van der Waals surface area contributed by atoms with Crippen molar-refractivity contribution >= 4 is 35.1 Å². The van der Waals surface area contributed by atoms with Gasteiger partial charge in [0.05, 0.1) is 0 Å². The number of carbonyl (C=O) groups is 3. The Hall–Kier alpha value is -2.86. The molecule has 2 rings (SSSR count). The fourth-order valence-electron chi connectivity index (χ4n) is 2.64. The number of ether oxygens (including phenoxy) is 1. The summed E-state index contributed by atoms with van der Waals surface area (Å²) in [6.45, 7) is 5.30. The normalized spacial score (nSPS) is 12.6. The lowest BCUT2D eigenvalue weighted by molar-refractivity contribution is -0.152. The summed E-state index contributed by atoms with van der Waals surface area (Å²) in [6.07, 6.45) is -0.0648. The van der Waals surface area contributed by atoms with Gasteiger partial charge in [-0.2, -0.15) is 0 Å². The van der Waals surface area contributed by atoms with Crippen LogP contribution in [0, 0.1) is 0 Å². The van der Waals surface area contributed by atoms with Gasteiger partial charge < -0.3 is 15.4 Å². The molecule has 0 fully saturated rings. The lowest BCUT2D eigenvalue weighted by Crippen LogP contribution is -2.36. The molecule has 2 amide bonds. The molecule has 0 bridgehead atoms. The number of para-hydroxylation sites is 1. The fourth-order valence-corrected chi connectivity index (χ4v) is 2.77. The molecule has 29 heavy (non-hydrogen) atoms. The van der Waals surface area contributed by atoms with Gasteiger partial charge in [-0.05, 0) is 55.2 Å². The van der Waals surface area contributed by atoms with Gasteiger partial charge in [-0.1, -0.05) is 43.6 Å². The molecule has 0 aliphatic heterocycles. The Bertz CT molecular complexity index is 867. The molecule has 154 valence electrons. The number of amides is 2. The van der Waals surface area contributed by atoms with Crippen LogP contribution in [0.15, 0.2) is 48.5 Å². The molecule has 2 aromatic carbocycles. The Morgan fingerprint density at radius 2 is 1.69 bits per heavy atom. The molecule has 7 heteroatoms. The van der Waals surface area contributed by atoms with Crippen molar-refractivity contribution in [2.24, 2.45) is 0 Å². The molecule has 0 heterocycles. The van der Waals surface area contributed by atoms with Crippen LogP contribution in [0.2, 0.25) is 5.02 Å². The second-order valence-corrected chi connectivity index (χ2v) is 7.14. The summed E-state index contributed by atoms with van der Waals surface area (Å²) in [5.74, 6) is -1.28. The number of halogens is 1. The third-order valence-corrected chi connectivity index (χ3v) is 4.79. The maximum atomic E-state index is 12.4. The number of hydrogen-bond donors (Lipinski definition) is 2. The Labute approximate surface area is 175 Å². The van der Waals surface area contributed by atoms with Crippen LogP contribution in [0.1, 0.15) is 49.0 Å². The van der Waals surface area contributed by atoms with Gasteiger partial charge in [-0.3, -0.25) is 14.4 Å². The van der Waals surface area contributed by atoms with E-state index in [1.54, 1.807) is 24.3 Å². The molecule has 2 N–H and O–H groups in total. The third-order valence-electron chi connectivity index (χ3n) is 4.54. The second-order valence-electron chi connectivity index (χ2n) is 6.71. The van der Waals surface area contributed by atoms with E-state index in [4.69, 9.17) is 16.3 Å². The highest BCUT2D eigenvalue weighted by Gasteiger charge is 2.20. The Kier molecular flexibility index (Phi) is 8.21. The zero-order valence-corrected chi connectivity index (χ0v) is 17.5. The van der Waals surface area contributed by atoms with Crippen LogP contribution in [0.25, 0.3) is 0 Å². The van der Waals surface area contributed by atoms with Crippen molar-refractivity contribution in [2.45, 2.75) is 39.2 Å². The van der Waals surface area contributed by atoms with Crippen LogP contribution >= 0.6 is 11.6 Å². The molecule has 0 aliphatic rings. The highest BCUT2D eigenvalue weighted by molar-refractivity contribution is 6.30. The van der Waals surface area contributed by atoms with Crippen molar-refractivity contribution in [1.82, 2.24) is 5.32 Å². The summed E-state index contributed by atoms with van der Waals surface area (Å²) in [6, 6.07) is 13.8. The van der Waals surface area contributed by atoms with E-state index in [1.807, 2.05) is 24.3 Å². The molecule has 0 spiro atoms. The molecule has 0 aromatic heterocycles. The standard InChI is InChI=1S/C22H25ClN2O4/c1-4-14(2)18-7-5-6-8-19(18)25-21(27)15(3)29-20(26)13-24-22(28)16-9-11-17(23)12-10-16/h5-12,14-15H,4,13H2,1-3H3,(H,24,28)(H,25,27)/t14-,15-/m0/s1. The first-order valence-electron chi connectivity index (χ1n) is 9.44. The van der Waals surface area contributed by atoms with Crippen molar-refractivity contribution < 1.29 is 19.1 Å². The van der Waals surface area contributed by atoms with Crippen molar-refractivity contribution in [3.8, 4) is 0 Å². The van der Waals surface area contributed by atoms with Crippen LogP contribution in [0.5, 0.6) is 0 Å². The molecule has 0 radical (unpaired) electrons. The van der Waals surface area contributed by atoms with E-state index >= 15 is 0 Å². The van der Waals surface area contributed by atoms with Gasteiger partial charge in [0.2, 0.25) is 0 Å². The quantitative estimate of drug-likeness (QED) is 0.633. The zero-order chi connectivity index (χ0) is 21.4. The highest BCUT2D eigenvalue weighted by atomic mass is 35.5. The van der Waals surface area contributed by atoms with E-state index in [9.17, 15) is 14.4 Å². The van der Waals surface area contributed by atoms with E-state index in [1.165, 1.54) is 6.92 Å². The molecule has 0 saturated heterocycles. The largest absolute Gasteiger partial charge is 0.451 e. The van der Waals surface area contributed by atoms with E-state index < -0.39 is 23.9 Å². The van der Waals surface area contributed by atoms with Gasteiger partial charge in [0.1, 0.15) is 6.54 Å². The van der Waals surface area contributed by atoms with E-state index in [-0.39, 0.29) is 12.5 Å². The molecular weight excluding hydrogens is 392 g/mol. The Morgan fingerprint density at radius 3 is 2.34 bits per heavy atom. The minimum absolute atomic E-state index is 0.285. The van der Waals surface area contributed by atoms with Crippen LogP contribution in [0.3, 0.4) is 0 Å². The number of esters is 1. The van der Waals surface area contributed by atoms with Gasteiger partial charge in [-0.15, -0.1) is 0 Å². The topological polar surface area (TPSA) is 84.5 Å². The lowest BCUT2D eigenvalue weighted by atomic mass is 9.97. The zero-order valence-electron chi connectivity index (χ0n) is 16.7. The van der Waals surface area contributed by atoms with Gasteiger partial charge in [0.25, 0.3) is 11.8 Å². The van der Waals surface area contributed by atoms with Crippen molar-refractivity contribution in [2.75, 3.05) is 11.9 Å². The summed E-state index contributed by atoms with van der Waals surface area (Å²) in [4.78, 5) is 36.4. The lowest BCUT2D eigenvalue weighted by Gasteiger charge is -2.18. The Morgan fingerprint density at radius 1 is 1.03 bits per heavy atom. The van der Waals surface area contributed by atoms with Crippen molar-refractivity contribution in [3.05, 3.63) is 64.7 Å². The van der Waals surface area contributed by atoms with Crippen LogP contribution in [-0.4, -0.2) is 30.4 Å². The van der Waals surface area contributed by atoms with Gasteiger partial charge in [-0.25, -0.2) is 0 Å². The van der Waals surface area contributed by atoms with Crippen LogP contribution < -0.4 is 10.6 Å². The number of rotatable bonds is 8. The maximum absolute atomic E-state index is 12.4. The first-order valence-corrected chi connectivity index (χ1v) is 9.82. The average Bonchev–Trinajstić information content (AvgIpc) is 2.72. The molecular formula is C22H25ClN2O4. The minimum Gasteiger partial charge on any atom is -0.451 e. The number of carbonyl (C=O) groups excluding carboxylic acids is 3. The van der Waals surface area contributed by atoms with Crippen molar-refractivity contribution in [1.29, 1.82) is 0 Å². The number of anilines is 1. The molecule has 0 unspecified atom stereocenters. The van der Waals surface area contributed by atoms with Crippen molar-refractivity contribution in [3.63, 3.8) is 0 Å². The summed E-state index contributed by atoms with van der Waals surface area (Å²) >= 11 is 5.78. The molecule has 6 nitrogen and oxygen atoms in total. The summed E-state index contributed by atoms with van der Waals surface area (Å²) < 4.78 is 5.13. The fraction of sp³-hybridized carbons (Fsp3) is 0.318. The first-order chi connectivity index (χ1) is 13.8. The molecule has 0 saturated carbocycles. The summed E-state index contributed by atoms with van der Waals surface area (Å²) in [5.41, 5.74) is 2.09. The smallest absolute Gasteiger partial charge is 0.326 e. The monoisotopic (exact) mass is 416 g/mol. The predicted molar refractivity (Wildman–Crippen MR) is 113 cm³/mol. The average molecular weight is 417 g/mol. The molecule has 2 aromatic rings. The van der Waals surface area contributed by atoms with E-state index in [0.717, 1.165) is 12.0 Å². The number of nitrogens with one attached hydrogen (secondary N) is 2. The highest BCUT2D eigenvalue weighted by Crippen LogP contribution is 2.26. The second kappa shape index (κ2) is 10.6. The molecule has 0 aliphatic carbocycles. The summed E-state index contributed by atoms with van der Waals surface area (Å²) in [5, 5.41) is 5.78. The van der Waals surface area contributed by atoms with Gasteiger partial charge >= 0.3 is 5.97 Å². The van der Waals surface area contributed by atoms with Crippen LogP contribution in [0.4, 0.5) is 5.69 Å². The maximum Gasteiger partial charge on any atom is 0.326 e. The predicted octanol–water partition coefficient (Wildman–Crippen LogP) is 4.15. The number of benzene rings is 2. The van der Waals surface area contributed by atoms with E-state index in [0.29, 0.717) is 16.3 Å². The molecule has 2 atom stereocenters. The number of hydrogen-bond acceptors (Lipinski definition) is 4. The van der Waals surface area contributed by atoms with Gasteiger partial charge in [0, 0.05) is 16.3 Å². The first kappa shape index (κ1) is 22.4.